The van der Waals surface area contributed by atoms with Crippen LogP contribution in [-0.2, 0) is 16.0 Å². The SMILES string of the molecule is CC(C)(C)OC(=O)CCCCCc1csc(N)n1. The molecule has 0 saturated heterocycles. The van der Waals surface area contributed by atoms with Crippen molar-refractivity contribution in [3.05, 3.63) is 11.1 Å². The van der Waals surface area contributed by atoms with Crippen molar-refractivity contribution in [1.29, 1.82) is 0 Å². The van der Waals surface area contributed by atoms with Crippen LogP contribution >= 0.6 is 11.3 Å². The lowest BCUT2D eigenvalue weighted by molar-refractivity contribution is -0.154. The molecule has 0 aliphatic carbocycles. The van der Waals surface area contributed by atoms with E-state index in [1.165, 1.54) is 11.3 Å². The molecular weight excluding hydrogens is 248 g/mol. The predicted octanol–water partition coefficient (Wildman–Crippen LogP) is 3.17. The maximum atomic E-state index is 11.4. The van der Waals surface area contributed by atoms with E-state index in [2.05, 4.69) is 4.98 Å². The van der Waals surface area contributed by atoms with Crippen LogP contribution in [0, 0.1) is 0 Å². The van der Waals surface area contributed by atoms with E-state index in [9.17, 15) is 4.79 Å². The number of aromatic nitrogens is 1. The fourth-order valence-corrected chi connectivity index (χ4v) is 2.18. The summed E-state index contributed by atoms with van der Waals surface area (Å²) >= 11 is 1.47. The van der Waals surface area contributed by atoms with Gasteiger partial charge in [0.15, 0.2) is 5.13 Å². The van der Waals surface area contributed by atoms with E-state index in [0.717, 1.165) is 31.4 Å². The zero-order valence-electron chi connectivity index (χ0n) is 11.4. The van der Waals surface area contributed by atoms with Gasteiger partial charge in [-0.15, -0.1) is 11.3 Å². The highest BCUT2D eigenvalue weighted by Gasteiger charge is 2.15. The van der Waals surface area contributed by atoms with Gasteiger partial charge in [-0.2, -0.15) is 0 Å². The maximum Gasteiger partial charge on any atom is 0.306 e. The van der Waals surface area contributed by atoms with Gasteiger partial charge in [-0.1, -0.05) is 6.42 Å². The molecule has 0 aromatic carbocycles. The third-order valence-corrected chi connectivity index (χ3v) is 3.03. The summed E-state index contributed by atoms with van der Waals surface area (Å²) in [6, 6.07) is 0. The molecule has 1 rings (SSSR count). The Bertz CT molecular complexity index is 383. The maximum absolute atomic E-state index is 11.4. The van der Waals surface area contributed by atoms with Gasteiger partial charge in [0.1, 0.15) is 5.60 Å². The highest BCUT2D eigenvalue weighted by molar-refractivity contribution is 7.13. The fraction of sp³-hybridized carbons (Fsp3) is 0.692. The zero-order valence-corrected chi connectivity index (χ0v) is 12.2. The third-order valence-electron chi connectivity index (χ3n) is 2.30. The average molecular weight is 270 g/mol. The van der Waals surface area contributed by atoms with Gasteiger partial charge in [-0.05, 0) is 40.0 Å². The molecule has 1 aromatic rings. The van der Waals surface area contributed by atoms with E-state index >= 15 is 0 Å². The second-order valence-electron chi connectivity index (χ2n) is 5.32. The van der Waals surface area contributed by atoms with Crippen molar-refractivity contribution in [3.63, 3.8) is 0 Å². The van der Waals surface area contributed by atoms with E-state index in [1.54, 1.807) is 0 Å². The second-order valence-corrected chi connectivity index (χ2v) is 6.21. The fourth-order valence-electron chi connectivity index (χ4n) is 1.58. The summed E-state index contributed by atoms with van der Waals surface area (Å²) in [5.41, 5.74) is 6.22. The first-order chi connectivity index (χ1) is 8.37. The third kappa shape index (κ3) is 6.59. The van der Waals surface area contributed by atoms with Crippen molar-refractivity contribution >= 4 is 22.4 Å². The first kappa shape index (κ1) is 15.0. The number of nitrogen functional groups attached to an aromatic ring is 1. The van der Waals surface area contributed by atoms with Crippen molar-refractivity contribution in [1.82, 2.24) is 4.98 Å². The van der Waals surface area contributed by atoms with Crippen LogP contribution in [0.1, 0.15) is 52.1 Å². The van der Waals surface area contributed by atoms with Crippen LogP contribution in [-0.4, -0.2) is 16.6 Å². The molecule has 0 saturated carbocycles. The number of hydrogen-bond acceptors (Lipinski definition) is 5. The number of rotatable bonds is 6. The van der Waals surface area contributed by atoms with Crippen LogP contribution in [0.15, 0.2) is 5.38 Å². The Labute approximate surface area is 113 Å². The first-order valence-electron chi connectivity index (χ1n) is 6.28. The van der Waals surface area contributed by atoms with Gasteiger partial charge in [-0.25, -0.2) is 4.98 Å². The van der Waals surface area contributed by atoms with E-state index in [1.807, 2.05) is 26.2 Å². The molecule has 0 fully saturated rings. The van der Waals surface area contributed by atoms with Crippen LogP contribution < -0.4 is 5.73 Å². The molecule has 102 valence electrons. The molecule has 0 amide bonds. The van der Waals surface area contributed by atoms with Crippen molar-refractivity contribution in [2.45, 2.75) is 58.5 Å². The molecule has 0 aliphatic heterocycles. The van der Waals surface area contributed by atoms with E-state index in [4.69, 9.17) is 10.5 Å². The molecule has 0 aliphatic rings. The Morgan fingerprint density at radius 3 is 2.67 bits per heavy atom. The number of carbonyl (C=O) groups is 1. The lowest BCUT2D eigenvalue weighted by atomic mass is 10.1. The number of esters is 1. The van der Waals surface area contributed by atoms with Gasteiger partial charge in [-0.3, -0.25) is 4.79 Å². The van der Waals surface area contributed by atoms with Crippen molar-refractivity contribution in [2.75, 3.05) is 5.73 Å². The molecule has 1 aromatic heterocycles. The highest BCUT2D eigenvalue weighted by atomic mass is 32.1. The van der Waals surface area contributed by atoms with Crippen LogP contribution in [0.4, 0.5) is 5.13 Å². The molecular formula is C13H22N2O2S. The second kappa shape index (κ2) is 6.73. The minimum absolute atomic E-state index is 0.111. The first-order valence-corrected chi connectivity index (χ1v) is 7.16. The Balaban J connectivity index is 2.07. The molecule has 18 heavy (non-hydrogen) atoms. The summed E-state index contributed by atoms with van der Waals surface area (Å²) in [6.07, 6.45) is 4.34. The van der Waals surface area contributed by atoms with Gasteiger partial charge in [0.05, 0.1) is 5.69 Å². The van der Waals surface area contributed by atoms with Gasteiger partial charge in [0.2, 0.25) is 0 Å². The number of hydrogen-bond donors (Lipinski definition) is 1. The van der Waals surface area contributed by atoms with E-state index in [0.29, 0.717) is 11.6 Å². The smallest absolute Gasteiger partial charge is 0.306 e. The normalized spacial score (nSPS) is 11.5. The van der Waals surface area contributed by atoms with Crippen molar-refractivity contribution in [2.24, 2.45) is 0 Å². The Morgan fingerprint density at radius 2 is 2.11 bits per heavy atom. The minimum Gasteiger partial charge on any atom is -0.460 e. The van der Waals surface area contributed by atoms with Gasteiger partial charge < -0.3 is 10.5 Å². The minimum atomic E-state index is -0.380. The molecule has 2 N–H and O–H groups in total. The van der Waals surface area contributed by atoms with Crippen molar-refractivity contribution in [3.8, 4) is 0 Å². The number of nitrogens with zero attached hydrogens (tertiary/aromatic N) is 1. The number of nitrogens with two attached hydrogens (primary N) is 1. The average Bonchev–Trinajstić information content (AvgIpc) is 2.61. The molecule has 0 radical (unpaired) electrons. The molecule has 4 nitrogen and oxygen atoms in total. The number of ether oxygens (including phenoxy) is 1. The Kier molecular flexibility index (Phi) is 5.59. The lowest BCUT2D eigenvalue weighted by Crippen LogP contribution is -2.23. The van der Waals surface area contributed by atoms with Gasteiger partial charge >= 0.3 is 5.97 Å². The summed E-state index contributed by atoms with van der Waals surface area (Å²) in [7, 11) is 0. The quantitative estimate of drug-likeness (QED) is 0.637. The number of anilines is 1. The number of thiazole rings is 1. The molecule has 0 unspecified atom stereocenters. The summed E-state index contributed by atoms with van der Waals surface area (Å²) in [5.74, 6) is -0.111. The molecule has 0 atom stereocenters. The number of aryl methyl sites for hydroxylation is 1. The van der Waals surface area contributed by atoms with Crippen LogP contribution in [0.3, 0.4) is 0 Å². The Morgan fingerprint density at radius 1 is 1.39 bits per heavy atom. The monoisotopic (exact) mass is 270 g/mol. The molecule has 1 heterocycles. The summed E-state index contributed by atoms with van der Waals surface area (Å²) in [5, 5.41) is 2.61. The number of unbranched alkanes of at least 4 members (excludes halogenated alkanes) is 2. The molecule has 0 bridgehead atoms. The molecule has 5 heteroatoms. The molecule has 0 spiro atoms. The van der Waals surface area contributed by atoms with Gasteiger partial charge in [0.25, 0.3) is 0 Å². The summed E-state index contributed by atoms with van der Waals surface area (Å²) in [6.45, 7) is 5.66. The number of carbonyl (C=O) groups excluding carboxylic acids is 1. The largest absolute Gasteiger partial charge is 0.460 e. The Hall–Kier alpha value is -1.10. The van der Waals surface area contributed by atoms with Crippen LogP contribution in [0.5, 0.6) is 0 Å². The van der Waals surface area contributed by atoms with Crippen LogP contribution in [0.2, 0.25) is 0 Å². The summed E-state index contributed by atoms with van der Waals surface area (Å²) < 4.78 is 5.24. The lowest BCUT2D eigenvalue weighted by Gasteiger charge is -2.19. The van der Waals surface area contributed by atoms with Crippen molar-refractivity contribution < 1.29 is 9.53 Å². The van der Waals surface area contributed by atoms with Crippen LogP contribution in [0.25, 0.3) is 0 Å². The topological polar surface area (TPSA) is 65.2 Å². The van der Waals surface area contributed by atoms with Gasteiger partial charge in [0, 0.05) is 11.8 Å². The highest BCUT2D eigenvalue weighted by Crippen LogP contribution is 2.15. The zero-order chi connectivity index (χ0) is 13.6. The van der Waals surface area contributed by atoms with E-state index in [-0.39, 0.29) is 11.6 Å². The predicted molar refractivity (Wildman–Crippen MR) is 74.5 cm³/mol. The van der Waals surface area contributed by atoms with E-state index < -0.39 is 0 Å². The standard InChI is InChI=1S/C13H22N2O2S/c1-13(2,3)17-11(16)8-6-4-5-7-10-9-18-12(14)15-10/h9H,4-8H2,1-3H3,(H2,14,15). The summed E-state index contributed by atoms with van der Waals surface area (Å²) in [4.78, 5) is 15.6.